The van der Waals surface area contributed by atoms with Gasteiger partial charge in [-0.25, -0.2) is 0 Å². The van der Waals surface area contributed by atoms with Crippen molar-refractivity contribution < 1.29 is 21.3 Å². The summed E-state index contributed by atoms with van der Waals surface area (Å²) >= 11 is -2.91. The normalized spacial score (nSPS) is 16.8. The molecule has 0 saturated heterocycles. The fraction of sp³-hybridized carbons (Fsp3) is 0.281. The van der Waals surface area contributed by atoms with Crippen LogP contribution < -0.4 is 10.4 Å². The van der Waals surface area contributed by atoms with E-state index in [9.17, 15) is 0 Å². The van der Waals surface area contributed by atoms with E-state index in [0.29, 0.717) is 0 Å². The first-order valence-electron chi connectivity index (χ1n) is 21.6. The average Bonchev–Trinajstić information content (AvgIpc) is 3.90. The van der Waals surface area contributed by atoms with E-state index >= 15 is 0 Å². The Hall–Kier alpha value is -3.87. The molecule has 0 aromatic heterocycles. The van der Waals surface area contributed by atoms with Gasteiger partial charge in [0.1, 0.15) is 0 Å². The van der Waals surface area contributed by atoms with Crippen molar-refractivity contribution in [3.63, 3.8) is 0 Å². The van der Waals surface area contributed by atoms with Crippen LogP contribution in [0.5, 0.6) is 0 Å². The molecule has 308 valence electrons. The number of aryl methyl sites for hydroxylation is 1. The molecule has 0 spiro atoms. The number of benzene rings is 5. The smallest absolute Gasteiger partial charge is 0.147 e. The number of halogens is 2. The van der Waals surface area contributed by atoms with Gasteiger partial charge in [-0.1, -0.05) is 0 Å². The summed E-state index contributed by atoms with van der Waals surface area (Å²) < 4.78 is 5.30. The Labute approximate surface area is 380 Å². The van der Waals surface area contributed by atoms with Gasteiger partial charge in [-0.15, -0.1) is 24.8 Å². The molecule has 0 bridgehead atoms. The third kappa shape index (κ3) is 8.75. The van der Waals surface area contributed by atoms with Crippen LogP contribution in [0.2, 0.25) is 0 Å². The molecule has 0 aliphatic heterocycles. The molecule has 0 amide bonds. The SMILES string of the molecule is CCCCC1(C)C(C(C)(C)c2ccccc2)=CC2=c3cc(C(C)(C)c4ccccc4)c(C)cc3=CC2=[C]1[Zr]([C]1=CC=CC1)=[C](Cc1ccccc1)Cc1ccccc1.Cl.Cl. The van der Waals surface area contributed by atoms with Gasteiger partial charge in [0.15, 0.2) is 0 Å². The summed E-state index contributed by atoms with van der Waals surface area (Å²) in [4.78, 5) is 0. The maximum atomic E-state index is 2.70. The Kier molecular flexibility index (Phi) is 14.5. The van der Waals surface area contributed by atoms with Crippen LogP contribution in [-0.2, 0) is 44.9 Å². The molecule has 0 heterocycles. The van der Waals surface area contributed by atoms with Crippen LogP contribution >= 0.6 is 24.8 Å². The van der Waals surface area contributed by atoms with Gasteiger partial charge in [-0.2, -0.15) is 0 Å². The van der Waals surface area contributed by atoms with Gasteiger partial charge in [-0.3, -0.25) is 0 Å². The topological polar surface area (TPSA) is 0 Å². The second-order valence-corrected chi connectivity index (χ2v) is 24.6. The van der Waals surface area contributed by atoms with E-state index in [-0.39, 0.29) is 41.1 Å². The molecular weight excluding hydrogens is 847 g/mol. The second-order valence-electron chi connectivity index (χ2n) is 18.2. The molecule has 3 aliphatic carbocycles. The largest absolute Gasteiger partial charge is 0.147 e. The third-order valence-electron chi connectivity index (χ3n) is 13.6. The first-order valence-corrected chi connectivity index (χ1v) is 25.3. The van der Waals surface area contributed by atoms with Gasteiger partial charge in [0, 0.05) is 0 Å². The summed E-state index contributed by atoms with van der Waals surface area (Å²) in [5.41, 5.74) is 12.6. The van der Waals surface area contributed by atoms with Crippen LogP contribution in [-0.4, -0.2) is 3.21 Å². The van der Waals surface area contributed by atoms with Gasteiger partial charge in [-0.05, 0) is 0 Å². The number of fused-ring (bicyclic) bond motifs is 2. The maximum Gasteiger partial charge on any atom is -0.147 e. The Morgan fingerprint density at radius 3 is 1.72 bits per heavy atom. The predicted molar refractivity (Wildman–Crippen MR) is 261 cm³/mol. The minimum Gasteiger partial charge on any atom is -0.147 e. The second kappa shape index (κ2) is 19.0. The molecule has 1 unspecified atom stereocenters. The van der Waals surface area contributed by atoms with E-state index in [1.54, 1.807) is 15.3 Å². The van der Waals surface area contributed by atoms with E-state index in [1.807, 2.05) is 0 Å². The Morgan fingerprint density at radius 2 is 1.20 bits per heavy atom. The molecule has 5 aromatic rings. The van der Waals surface area contributed by atoms with Crippen molar-refractivity contribution in [2.24, 2.45) is 5.41 Å². The monoisotopic (exact) mass is 906 g/mol. The Balaban J connectivity index is 0.00000302. The summed E-state index contributed by atoms with van der Waals surface area (Å²) in [7, 11) is 0. The molecule has 0 radical (unpaired) electrons. The van der Waals surface area contributed by atoms with Crippen LogP contribution in [0.3, 0.4) is 0 Å². The maximum absolute atomic E-state index is 2.91. The number of hydrogen-bond donors (Lipinski definition) is 0. The van der Waals surface area contributed by atoms with E-state index in [1.165, 1.54) is 67.8 Å². The molecule has 1 atom stereocenters. The number of rotatable bonds is 13. The minimum absolute atomic E-state index is 0. The Morgan fingerprint density at radius 1 is 0.667 bits per heavy atom. The van der Waals surface area contributed by atoms with Crippen LogP contribution in [0, 0.1) is 12.3 Å². The zero-order valence-electron chi connectivity index (χ0n) is 36.6. The third-order valence-corrected chi connectivity index (χ3v) is 21.9. The summed E-state index contributed by atoms with van der Waals surface area (Å²) in [6.07, 6.45) is 19.4. The molecule has 3 heteroatoms. The van der Waals surface area contributed by atoms with Crippen molar-refractivity contribution in [1.82, 2.24) is 0 Å². The van der Waals surface area contributed by atoms with Crippen molar-refractivity contribution in [2.75, 3.05) is 0 Å². The van der Waals surface area contributed by atoms with Gasteiger partial charge in [0.05, 0.1) is 0 Å². The first-order chi connectivity index (χ1) is 28.0. The number of unbranched alkanes of at least 4 members (excludes halogenated alkanes) is 1. The van der Waals surface area contributed by atoms with Crippen molar-refractivity contribution in [1.29, 1.82) is 0 Å². The van der Waals surface area contributed by atoms with Crippen molar-refractivity contribution >= 4 is 39.7 Å². The fourth-order valence-corrected chi connectivity index (χ4v) is 19.7. The van der Waals surface area contributed by atoms with E-state index in [4.69, 9.17) is 0 Å². The van der Waals surface area contributed by atoms with Gasteiger partial charge in [0.2, 0.25) is 0 Å². The van der Waals surface area contributed by atoms with Gasteiger partial charge < -0.3 is 0 Å². The molecule has 0 nitrogen and oxygen atoms in total. The molecule has 0 saturated carbocycles. The molecular formula is C57H62Cl2Zr. The van der Waals surface area contributed by atoms with Crippen LogP contribution in [0.4, 0.5) is 0 Å². The van der Waals surface area contributed by atoms with Crippen LogP contribution in [0.15, 0.2) is 175 Å². The molecule has 5 aromatic carbocycles. The zero-order chi connectivity index (χ0) is 40.5. The zero-order valence-corrected chi connectivity index (χ0v) is 40.7. The van der Waals surface area contributed by atoms with Crippen LogP contribution in [0.1, 0.15) is 101 Å². The van der Waals surface area contributed by atoms with Gasteiger partial charge in [0.25, 0.3) is 0 Å². The molecule has 3 aliphatic rings. The molecule has 60 heavy (non-hydrogen) atoms. The van der Waals surface area contributed by atoms with Gasteiger partial charge >= 0.3 is 359 Å². The van der Waals surface area contributed by atoms with Crippen molar-refractivity contribution in [3.05, 3.63) is 219 Å². The molecule has 8 rings (SSSR count). The number of allylic oxidation sites excluding steroid dienone is 8. The van der Waals surface area contributed by atoms with E-state index in [0.717, 1.165) is 25.7 Å². The molecule has 0 N–H and O–H groups in total. The summed E-state index contributed by atoms with van der Waals surface area (Å²) in [6, 6.07) is 50.3. The quantitative estimate of drug-likeness (QED) is 0.110. The fourth-order valence-electron chi connectivity index (χ4n) is 10.4. The standard InChI is InChI=1S/C37H41.C15H14.C5H5.2ClH.Zr/c1-8-9-20-37(7)25-28-22-27-21-26(2)33(35(3,4)29-16-12-10-13-17-29)23-31(27)32(28)24-34(37)36(5,6)30-18-14-11-15-19-30;1-3-8-14(9-4-1)12-7-13-15-10-5-2-6-11-15;1-2-4-5-3-1;;;/h10-19,21-24H,8-9,20H2,1-7H3;1-6,8-11H,12-13H2;1-3H,4H2;2*1H;. The Bertz CT molecular complexity index is 2560. The van der Waals surface area contributed by atoms with E-state index < -0.39 is 21.3 Å². The van der Waals surface area contributed by atoms with Crippen LogP contribution in [0.25, 0.3) is 11.6 Å². The number of hydrogen-bond acceptors (Lipinski definition) is 0. The summed E-state index contributed by atoms with van der Waals surface area (Å²) in [6.45, 7) is 17.2. The summed E-state index contributed by atoms with van der Waals surface area (Å²) in [5, 5.41) is 2.79. The molecule has 0 fully saturated rings. The minimum atomic E-state index is -2.91. The average molecular weight is 909 g/mol. The summed E-state index contributed by atoms with van der Waals surface area (Å²) in [5.74, 6) is 0. The van der Waals surface area contributed by atoms with Crippen molar-refractivity contribution in [3.8, 4) is 0 Å². The van der Waals surface area contributed by atoms with E-state index in [2.05, 4.69) is 212 Å². The van der Waals surface area contributed by atoms with Crippen molar-refractivity contribution in [2.45, 2.75) is 97.8 Å². The predicted octanol–water partition coefficient (Wildman–Crippen LogP) is 13.6. The first kappa shape index (κ1) is 45.7.